The maximum Gasteiger partial charge on any atom is 0.326 e. The molecule has 2 saturated heterocycles. The molecule has 1 N–H and O–H groups in total. The highest BCUT2D eigenvalue weighted by molar-refractivity contribution is 7.86. The molecule has 0 aliphatic carbocycles. The van der Waals surface area contributed by atoms with Gasteiger partial charge < -0.3 is 4.98 Å². The van der Waals surface area contributed by atoms with E-state index in [0.29, 0.717) is 39.0 Å². The highest BCUT2D eigenvalue weighted by atomic mass is 32.2. The summed E-state index contributed by atoms with van der Waals surface area (Å²) in [5.74, 6) is 0. The van der Waals surface area contributed by atoms with Crippen LogP contribution in [0.3, 0.4) is 0 Å². The summed E-state index contributed by atoms with van der Waals surface area (Å²) in [5, 5.41) is 0. The Balaban J connectivity index is 1.51. The van der Waals surface area contributed by atoms with Crippen LogP contribution in [0.2, 0.25) is 0 Å². The van der Waals surface area contributed by atoms with Crippen molar-refractivity contribution in [3.05, 3.63) is 34.7 Å². The highest BCUT2D eigenvalue weighted by Gasteiger charge is 2.34. The molecule has 2 aliphatic heterocycles. The number of para-hydroxylation sites is 2. The smallest absolute Gasteiger partial charge is 0.306 e. The van der Waals surface area contributed by atoms with Gasteiger partial charge in [-0.1, -0.05) is 18.6 Å². The minimum atomic E-state index is -3.36. The summed E-state index contributed by atoms with van der Waals surface area (Å²) in [5.41, 5.74) is 1.61. The fraction of sp³-hybridized carbons (Fsp3) is 0.588. The van der Waals surface area contributed by atoms with E-state index in [0.717, 1.165) is 30.3 Å². The van der Waals surface area contributed by atoms with Crippen LogP contribution in [0.1, 0.15) is 38.1 Å². The van der Waals surface area contributed by atoms with Crippen molar-refractivity contribution in [3.63, 3.8) is 0 Å². The minimum absolute atomic E-state index is 0.0384. The van der Waals surface area contributed by atoms with Gasteiger partial charge in [0.05, 0.1) is 11.0 Å². The van der Waals surface area contributed by atoms with Gasteiger partial charge in [0, 0.05) is 32.2 Å². The minimum Gasteiger partial charge on any atom is -0.306 e. The second-order valence-electron chi connectivity index (χ2n) is 6.92. The maximum atomic E-state index is 12.8. The van der Waals surface area contributed by atoms with Gasteiger partial charge in [0.15, 0.2) is 0 Å². The van der Waals surface area contributed by atoms with E-state index < -0.39 is 10.2 Å². The van der Waals surface area contributed by atoms with Crippen molar-refractivity contribution < 1.29 is 8.42 Å². The van der Waals surface area contributed by atoms with Gasteiger partial charge in [-0.25, -0.2) is 4.79 Å². The predicted molar refractivity (Wildman–Crippen MR) is 96.7 cm³/mol. The zero-order valence-electron chi connectivity index (χ0n) is 14.2. The van der Waals surface area contributed by atoms with E-state index in [4.69, 9.17) is 0 Å². The number of benzene rings is 1. The summed E-state index contributed by atoms with van der Waals surface area (Å²) in [6.07, 6.45) is 4.32. The molecule has 0 amide bonds. The second kappa shape index (κ2) is 6.59. The Labute approximate surface area is 147 Å². The number of rotatable bonds is 3. The lowest BCUT2D eigenvalue weighted by molar-refractivity contribution is 0.246. The average molecular weight is 364 g/mol. The van der Waals surface area contributed by atoms with Gasteiger partial charge in [0.1, 0.15) is 0 Å². The molecular weight excluding hydrogens is 340 g/mol. The Hall–Kier alpha value is -1.64. The molecule has 1 aromatic carbocycles. The predicted octanol–water partition coefficient (Wildman–Crippen LogP) is 1.70. The second-order valence-corrected chi connectivity index (χ2v) is 8.84. The Bertz CT molecular complexity index is 903. The molecule has 0 saturated carbocycles. The number of hydrogen-bond donors (Lipinski definition) is 1. The normalized spacial score (nSPS) is 21.8. The number of hydrogen-bond acceptors (Lipinski definition) is 3. The zero-order chi connectivity index (χ0) is 17.4. The first-order valence-electron chi connectivity index (χ1n) is 9.02. The topological polar surface area (TPSA) is 78.4 Å². The number of piperidine rings is 2. The van der Waals surface area contributed by atoms with E-state index in [1.807, 2.05) is 24.3 Å². The highest BCUT2D eigenvalue weighted by Crippen LogP contribution is 2.27. The molecule has 2 aromatic rings. The molecule has 0 atom stereocenters. The molecule has 25 heavy (non-hydrogen) atoms. The third-order valence-corrected chi connectivity index (χ3v) is 7.42. The monoisotopic (exact) mass is 364 g/mol. The molecule has 0 bridgehead atoms. The van der Waals surface area contributed by atoms with Gasteiger partial charge in [-0.15, -0.1) is 0 Å². The van der Waals surface area contributed by atoms with Crippen LogP contribution in [0, 0.1) is 0 Å². The Morgan fingerprint density at radius 1 is 0.920 bits per heavy atom. The van der Waals surface area contributed by atoms with Gasteiger partial charge in [-0.3, -0.25) is 4.57 Å². The lowest BCUT2D eigenvalue weighted by Crippen LogP contribution is -2.49. The number of nitrogens with zero attached hydrogens (tertiary/aromatic N) is 3. The van der Waals surface area contributed by atoms with Gasteiger partial charge in [-0.05, 0) is 37.8 Å². The molecule has 2 fully saturated rings. The van der Waals surface area contributed by atoms with Crippen molar-refractivity contribution in [2.24, 2.45) is 0 Å². The van der Waals surface area contributed by atoms with Crippen LogP contribution < -0.4 is 5.69 Å². The summed E-state index contributed by atoms with van der Waals surface area (Å²) in [4.78, 5) is 15.2. The lowest BCUT2D eigenvalue weighted by atomic mass is 10.1. The van der Waals surface area contributed by atoms with Crippen molar-refractivity contribution in [2.45, 2.75) is 38.1 Å². The van der Waals surface area contributed by atoms with Gasteiger partial charge >= 0.3 is 5.69 Å². The first-order valence-corrected chi connectivity index (χ1v) is 10.4. The Morgan fingerprint density at radius 2 is 1.56 bits per heavy atom. The van der Waals surface area contributed by atoms with E-state index >= 15 is 0 Å². The van der Waals surface area contributed by atoms with Crippen molar-refractivity contribution >= 4 is 21.2 Å². The molecule has 7 nitrogen and oxygen atoms in total. The zero-order valence-corrected chi connectivity index (χ0v) is 15.0. The Morgan fingerprint density at radius 3 is 2.28 bits per heavy atom. The number of nitrogens with one attached hydrogen (secondary N) is 1. The number of aromatic nitrogens is 2. The molecule has 0 spiro atoms. The summed E-state index contributed by atoms with van der Waals surface area (Å²) in [7, 11) is -3.36. The fourth-order valence-electron chi connectivity index (χ4n) is 4.03. The van der Waals surface area contributed by atoms with Gasteiger partial charge in [0.25, 0.3) is 10.2 Å². The van der Waals surface area contributed by atoms with Crippen molar-refractivity contribution in [3.8, 4) is 0 Å². The summed E-state index contributed by atoms with van der Waals surface area (Å²) >= 11 is 0. The summed E-state index contributed by atoms with van der Waals surface area (Å²) < 4.78 is 30.6. The SMILES string of the molecule is O=c1[nH]c2ccccc2n1C1CCN(S(=O)(=O)N2CCCCC2)CC1. The average Bonchev–Trinajstić information content (AvgIpc) is 2.98. The molecule has 2 aliphatic rings. The van der Waals surface area contributed by atoms with Crippen molar-refractivity contribution in [1.29, 1.82) is 0 Å². The first kappa shape index (κ1) is 16.8. The molecule has 1 aromatic heterocycles. The quantitative estimate of drug-likeness (QED) is 0.900. The van der Waals surface area contributed by atoms with Crippen LogP contribution in [0.15, 0.2) is 29.1 Å². The van der Waals surface area contributed by atoms with Crippen LogP contribution in [-0.2, 0) is 10.2 Å². The molecule has 4 rings (SSSR count). The summed E-state index contributed by atoms with van der Waals surface area (Å²) in [6.45, 7) is 2.19. The maximum absolute atomic E-state index is 12.8. The molecular formula is C17H24N4O3S. The summed E-state index contributed by atoms with van der Waals surface area (Å²) in [6, 6.07) is 7.68. The van der Waals surface area contributed by atoms with Crippen LogP contribution in [0.5, 0.6) is 0 Å². The van der Waals surface area contributed by atoms with E-state index in [1.165, 1.54) is 0 Å². The number of aromatic amines is 1. The number of H-pyrrole nitrogens is 1. The lowest BCUT2D eigenvalue weighted by Gasteiger charge is -2.36. The largest absolute Gasteiger partial charge is 0.326 e. The first-order chi connectivity index (χ1) is 12.1. The van der Waals surface area contributed by atoms with E-state index in [1.54, 1.807) is 13.2 Å². The number of imidazole rings is 1. The molecule has 136 valence electrons. The standard InChI is InChI=1S/C17H24N4O3S/c22-17-18-15-6-2-3-7-16(15)21(17)14-8-12-20(13-9-14)25(23,24)19-10-4-1-5-11-19/h2-3,6-7,14H,1,4-5,8-13H2,(H,18,22). The molecule has 8 heteroatoms. The van der Waals surface area contributed by atoms with E-state index in [-0.39, 0.29) is 11.7 Å². The van der Waals surface area contributed by atoms with Gasteiger partial charge in [0.2, 0.25) is 0 Å². The van der Waals surface area contributed by atoms with E-state index in [9.17, 15) is 13.2 Å². The van der Waals surface area contributed by atoms with Crippen LogP contribution in [0.25, 0.3) is 11.0 Å². The van der Waals surface area contributed by atoms with Gasteiger partial charge in [-0.2, -0.15) is 17.0 Å². The van der Waals surface area contributed by atoms with E-state index in [2.05, 4.69) is 4.98 Å². The Kier molecular flexibility index (Phi) is 4.43. The van der Waals surface area contributed by atoms with Crippen molar-refractivity contribution in [1.82, 2.24) is 18.2 Å². The van der Waals surface area contributed by atoms with Crippen LogP contribution >= 0.6 is 0 Å². The van der Waals surface area contributed by atoms with Crippen molar-refractivity contribution in [2.75, 3.05) is 26.2 Å². The number of fused-ring (bicyclic) bond motifs is 1. The molecule has 3 heterocycles. The van der Waals surface area contributed by atoms with Crippen LogP contribution in [0.4, 0.5) is 0 Å². The third-order valence-electron chi connectivity index (χ3n) is 5.38. The fourth-order valence-corrected chi connectivity index (χ4v) is 5.75. The van der Waals surface area contributed by atoms with Crippen LogP contribution in [-0.4, -0.2) is 52.8 Å². The molecule has 0 radical (unpaired) electrons. The molecule has 0 unspecified atom stereocenters. The third kappa shape index (κ3) is 3.02.